The molecule has 1 aromatic carbocycles. The number of fused-ring (bicyclic) bond motifs is 3. The van der Waals surface area contributed by atoms with Crippen LogP contribution in [0.25, 0.3) is 0 Å². The Labute approximate surface area is 135 Å². The van der Waals surface area contributed by atoms with Crippen molar-refractivity contribution in [1.29, 1.82) is 0 Å². The normalized spacial score (nSPS) is 29.0. The SMILES string of the molecule is O=C1COc2ccc(S(=O)(=O)NC[C@H]3C[C@H]4CC[C@@H]3C4)cc2N1. The van der Waals surface area contributed by atoms with Crippen molar-refractivity contribution in [3.05, 3.63) is 18.2 Å². The lowest BCUT2D eigenvalue weighted by Crippen LogP contribution is -2.32. The van der Waals surface area contributed by atoms with Crippen LogP contribution in [0.1, 0.15) is 25.7 Å². The van der Waals surface area contributed by atoms with E-state index in [-0.39, 0.29) is 17.4 Å². The summed E-state index contributed by atoms with van der Waals surface area (Å²) in [7, 11) is -3.57. The van der Waals surface area contributed by atoms with Crippen molar-refractivity contribution >= 4 is 21.6 Å². The van der Waals surface area contributed by atoms with Gasteiger partial charge in [0, 0.05) is 6.54 Å². The van der Waals surface area contributed by atoms with Gasteiger partial charge in [0.05, 0.1) is 10.6 Å². The van der Waals surface area contributed by atoms with E-state index in [4.69, 9.17) is 4.74 Å². The molecular formula is C16H20N2O4S. The van der Waals surface area contributed by atoms with E-state index in [9.17, 15) is 13.2 Å². The van der Waals surface area contributed by atoms with Gasteiger partial charge in [-0.05, 0) is 55.2 Å². The molecule has 2 aliphatic carbocycles. The Morgan fingerprint density at radius 1 is 1.26 bits per heavy atom. The number of benzene rings is 1. The molecule has 2 fully saturated rings. The van der Waals surface area contributed by atoms with Crippen LogP contribution in [-0.4, -0.2) is 27.5 Å². The minimum atomic E-state index is -3.57. The van der Waals surface area contributed by atoms with Crippen molar-refractivity contribution in [2.75, 3.05) is 18.5 Å². The van der Waals surface area contributed by atoms with Crippen LogP contribution in [0.4, 0.5) is 5.69 Å². The Hall–Kier alpha value is -1.60. The monoisotopic (exact) mass is 336 g/mol. The maximum absolute atomic E-state index is 12.5. The fourth-order valence-electron chi connectivity index (χ4n) is 4.16. The number of ether oxygens (including phenoxy) is 1. The van der Waals surface area contributed by atoms with E-state index in [0.29, 0.717) is 29.8 Å². The van der Waals surface area contributed by atoms with E-state index in [1.165, 1.54) is 31.4 Å². The highest BCUT2D eigenvalue weighted by Gasteiger charge is 2.39. The van der Waals surface area contributed by atoms with Crippen LogP contribution < -0.4 is 14.8 Å². The molecule has 2 bridgehead atoms. The molecule has 1 aromatic rings. The smallest absolute Gasteiger partial charge is 0.262 e. The fourth-order valence-corrected chi connectivity index (χ4v) is 5.28. The molecule has 23 heavy (non-hydrogen) atoms. The predicted octanol–water partition coefficient (Wildman–Crippen LogP) is 1.73. The second-order valence-corrected chi connectivity index (χ2v) is 8.55. The number of hydrogen-bond acceptors (Lipinski definition) is 4. The first kappa shape index (κ1) is 15.0. The zero-order chi connectivity index (χ0) is 16.0. The number of nitrogens with one attached hydrogen (secondary N) is 2. The third-order valence-electron chi connectivity index (χ3n) is 5.31. The Morgan fingerprint density at radius 3 is 2.87 bits per heavy atom. The highest BCUT2D eigenvalue weighted by atomic mass is 32.2. The van der Waals surface area contributed by atoms with Crippen LogP contribution in [0.5, 0.6) is 5.75 Å². The molecule has 2 saturated carbocycles. The molecule has 4 rings (SSSR count). The number of anilines is 1. The number of carbonyl (C=O) groups excluding carboxylic acids is 1. The van der Waals surface area contributed by atoms with E-state index >= 15 is 0 Å². The summed E-state index contributed by atoms with van der Waals surface area (Å²) in [6, 6.07) is 4.55. The van der Waals surface area contributed by atoms with Crippen LogP contribution in [0.15, 0.2) is 23.1 Å². The Bertz CT molecular complexity index is 746. The molecule has 0 radical (unpaired) electrons. The van der Waals surface area contributed by atoms with Crippen LogP contribution in [0.2, 0.25) is 0 Å². The van der Waals surface area contributed by atoms with Crippen molar-refractivity contribution in [2.45, 2.75) is 30.6 Å². The van der Waals surface area contributed by atoms with Gasteiger partial charge in [-0.3, -0.25) is 4.79 Å². The topological polar surface area (TPSA) is 84.5 Å². The summed E-state index contributed by atoms with van der Waals surface area (Å²) in [5.41, 5.74) is 0.407. The Balaban J connectivity index is 1.48. The summed E-state index contributed by atoms with van der Waals surface area (Å²) in [5, 5.41) is 2.64. The van der Waals surface area contributed by atoms with Gasteiger partial charge in [0.1, 0.15) is 5.75 Å². The van der Waals surface area contributed by atoms with Crippen molar-refractivity contribution < 1.29 is 17.9 Å². The molecule has 3 atom stereocenters. The Kier molecular flexibility index (Phi) is 3.57. The first-order chi connectivity index (χ1) is 11.0. The molecule has 2 N–H and O–H groups in total. The minimum absolute atomic E-state index is 0.0401. The van der Waals surface area contributed by atoms with Gasteiger partial charge in [-0.15, -0.1) is 0 Å². The van der Waals surface area contributed by atoms with Crippen molar-refractivity contribution in [2.24, 2.45) is 17.8 Å². The molecule has 0 aromatic heterocycles. The van der Waals surface area contributed by atoms with E-state index in [0.717, 1.165) is 12.3 Å². The summed E-state index contributed by atoms with van der Waals surface area (Å²) in [4.78, 5) is 11.5. The molecular weight excluding hydrogens is 316 g/mol. The highest BCUT2D eigenvalue weighted by molar-refractivity contribution is 7.89. The molecule has 124 valence electrons. The average Bonchev–Trinajstić information content (AvgIpc) is 3.15. The highest BCUT2D eigenvalue weighted by Crippen LogP contribution is 2.48. The Morgan fingerprint density at radius 2 is 2.13 bits per heavy atom. The van der Waals surface area contributed by atoms with Gasteiger partial charge in [0.25, 0.3) is 5.91 Å². The molecule has 0 saturated heterocycles. The molecule has 0 spiro atoms. The number of rotatable bonds is 4. The van der Waals surface area contributed by atoms with Crippen molar-refractivity contribution in [1.82, 2.24) is 4.72 Å². The molecule has 0 unspecified atom stereocenters. The van der Waals surface area contributed by atoms with Crippen LogP contribution in [0, 0.1) is 17.8 Å². The summed E-state index contributed by atoms with van der Waals surface area (Å²) < 4.78 is 33.0. The first-order valence-electron chi connectivity index (χ1n) is 8.07. The third-order valence-corrected chi connectivity index (χ3v) is 6.74. The molecule has 7 heteroatoms. The summed E-state index contributed by atoms with van der Waals surface area (Å²) in [5.74, 6) is 2.16. The molecule has 1 aliphatic heterocycles. The van der Waals surface area contributed by atoms with Gasteiger partial charge >= 0.3 is 0 Å². The van der Waals surface area contributed by atoms with Crippen molar-refractivity contribution in [3.8, 4) is 5.75 Å². The van der Waals surface area contributed by atoms with Gasteiger partial charge in [-0.25, -0.2) is 13.1 Å². The average molecular weight is 336 g/mol. The third kappa shape index (κ3) is 2.83. The summed E-state index contributed by atoms with van der Waals surface area (Å²) >= 11 is 0. The number of hydrogen-bond donors (Lipinski definition) is 2. The molecule has 1 heterocycles. The second-order valence-electron chi connectivity index (χ2n) is 6.78. The van der Waals surface area contributed by atoms with E-state index in [1.807, 2.05) is 0 Å². The zero-order valence-corrected chi connectivity index (χ0v) is 13.6. The maximum atomic E-state index is 12.5. The van der Waals surface area contributed by atoms with Gasteiger partial charge < -0.3 is 10.1 Å². The quantitative estimate of drug-likeness (QED) is 0.877. The molecule has 3 aliphatic rings. The first-order valence-corrected chi connectivity index (χ1v) is 9.56. The van der Waals surface area contributed by atoms with Crippen LogP contribution in [0.3, 0.4) is 0 Å². The van der Waals surface area contributed by atoms with Crippen LogP contribution >= 0.6 is 0 Å². The lowest BCUT2D eigenvalue weighted by molar-refractivity contribution is -0.118. The summed E-state index contributed by atoms with van der Waals surface area (Å²) in [6.07, 6.45) is 4.94. The van der Waals surface area contributed by atoms with Crippen LogP contribution in [-0.2, 0) is 14.8 Å². The van der Waals surface area contributed by atoms with E-state index < -0.39 is 10.0 Å². The predicted molar refractivity (Wildman–Crippen MR) is 84.7 cm³/mol. The minimum Gasteiger partial charge on any atom is -0.482 e. The number of carbonyl (C=O) groups is 1. The summed E-state index contributed by atoms with van der Waals surface area (Å²) in [6.45, 7) is 0.463. The van der Waals surface area contributed by atoms with Gasteiger partial charge in [0.15, 0.2) is 6.61 Å². The van der Waals surface area contributed by atoms with Crippen molar-refractivity contribution in [3.63, 3.8) is 0 Å². The van der Waals surface area contributed by atoms with Gasteiger partial charge in [-0.1, -0.05) is 6.42 Å². The van der Waals surface area contributed by atoms with Gasteiger partial charge in [0.2, 0.25) is 10.0 Å². The van der Waals surface area contributed by atoms with Gasteiger partial charge in [-0.2, -0.15) is 0 Å². The number of sulfonamides is 1. The maximum Gasteiger partial charge on any atom is 0.262 e. The number of amides is 1. The molecule has 1 amide bonds. The second kappa shape index (κ2) is 5.49. The molecule has 6 nitrogen and oxygen atoms in total. The largest absolute Gasteiger partial charge is 0.482 e. The fraction of sp³-hybridized carbons (Fsp3) is 0.562. The standard InChI is InChI=1S/C16H20N2O4S/c19-16-9-22-15-4-3-13(7-14(15)18-16)23(20,21)17-8-12-6-10-1-2-11(12)5-10/h3-4,7,10-12,17H,1-2,5-6,8-9H2,(H,18,19)/t10-,11+,12+/m0/s1. The lowest BCUT2D eigenvalue weighted by atomic mass is 9.89. The lowest BCUT2D eigenvalue weighted by Gasteiger charge is -2.22. The van der Waals surface area contributed by atoms with E-state index in [2.05, 4.69) is 10.0 Å². The van der Waals surface area contributed by atoms with E-state index in [1.54, 1.807) is 6.07 Å². The zero-order valence-electron chi connectivity index (χ0n) is 12.7.